The van der Waals surface area contributed by atoms with Crippen LogP contribution >= 0.6 is 11.3 Å². The Hall–Kier alpha value is -0.450. The summed E-state index contributed by atoms with van der Waals surface area (Å²) in [5.41, 5.74) is 3.24. The summed E-state index contributed by atoms with van der Waals surface area (Å²) >= 11 is 1.66. The Morgan fingerprint density at radius 1 is 1.50 bits per heavy atom. The second-order valence-corrected chi connectivity index (χ2v) is 6.09. The van der Waals surface area contributed by atoms with Gasteiger partial charge in [-0.25, -0.2) is 4.98 Å². The maximum atomic E-state index is 4.30. The zero-order valence-corrected chi connectivity index (χ0v) is 11.8. The Kier molecular flexibility index (Phi) is 4.89. The first-order valence-electron chi connectivity index (χ1n) is 5.71. The van der Waals surface area contributed by atoms with Crippen molar-refractivity contribution in [2.75, 3.05) is 13.6 Å². The van der Waals surface area contributed by atoms with E-state index in [2.05, 4.69) is 55.3 Å². The highest BCUT2D eigenvalue weighted by Crippen LogP contribution is 2.07. The molecular formula is C12H23N3S. The maximum Gasteiger partial charge on any atom is 0.0795 e. The summed E-state index contributed by atoms with van der Waals surface area (Å²) in [6, 6.07) is 0.515. The van der Waals surface area contributed by atoms with Crippen LogP contribution in [-0.4, -0.2) is 35.1 Å². The summed E-state index contributed by atoms with van der Waals surface area (Å²) in [4.78, 5) is 6.63. The zero-order chi connectivity index (χ0) is 12.2. The average molecular weight is 241 g/mol. The highest BCUT2D eigenvalue weighted by molar-refractivity contribution is 7.07. The lowest BCUT2D eigenvalue weighted by atomic mass is 10.1. The van der Waals surface area contributed by atoms with Crippen molar-refractivity contribution < 1.29 is 0 Å². The summed E-state index contributed by atoms with van der Waals surface area (Å²) in [5.74, 6) is 0. The average Bonchev–Trinajstić information content (AvgIpc) is 2.65. The molecule has 0 amide bonds. The van der Waals surface area contributed by atoms with E-state index in [-0.39, 0.29) is 5.54 Å². The number of aromatic nitrogens is 1. The molecule has 1 unspecified atom stereocenters. The zero-order valence-electron chi connectivity index (χ0n) is 10.9. The fourth-order valence-electron chi connectivity index (χ4n) is 1.34. The van der Waals surface area contributed by atoms with Crippen LogP contribution in [0.5, 0.6) is 0 Å². The van der Waals surface area contributed by atoms with Crippen LogP contribution < -0.4 is 5.32 Å². The van der Waals surface area contributed by atoms with Crippen LogP contribution in [0, 0.1) is 0 Å². The molecular weight excluding hydrogens is 218 g/mol. The SMILES string of the molecule is CC(CNC(C)(C)C)N(C)Cc1cscn1. The minimum atomic E-state index is 0.190. The van der Waals surface area contributed by atoms with Gasteiger partial charge in [-0.15, -0.1) is 11.3 Å². The van der Waals surface area contributed by atoms with Gasteiger partial charge in [0.2, 0.25) is 0 Å². The molecule has 1 N–H and O–H groups in total. The number of nitrogens with one attached hydrogen (secondary N) is 1. The van der Waals surface area contributed by atoms with E-state index in [1.54, 1.807) is 11.3 Å². The lowest BCUT2D eigenvalue weighted by Crippen LogP contribution is -2.45. The second-order valence-electron chi connectivity index (χ2n) is 5.37. The summed E-state index contributed by atoms with van der Waals surface area (Å²) in [5, 5.41) is 5.63. The molecule has 0 aliphatic carbocycles. The van der Waals surface area contributed by atoms with E-state index in [4.69, 9.17) is 0 Å². The van der Waals surface area contributed by atoms with Crippen molar-refractivity contribution in [1.29, 1.82) is 0 Å². The summed E-state index contributed by atoms with van der Waals surface area (Å²) < 4.78 is 0. The van der Waals surface area contributed by atoms with Crippen molar-refractivity contribution in [1.82, 2.24) is 15.2 Å². The second kappa shape index (κ2) is 5.75. The van der Waals surface area contributed by atoms with Gasteiger partial charge in [0.15, 0.2) is 0 Å². The molecule has 0 saturated carbocycles. The predicted octanol–water partition coefficient (Wildman–Crippen LogP) is 2.35. The number of rotatable bonds is 5. The van der Waals surface area contributed by atoms with Crippen LogP contribution in [0.1, 0.15) is 33.4 Å². The van der Waals surface area contributed by atoms with E-state index >= 15 is 0 Å². The third-order valence-electron chi connectivity index (χ3n) is 2.58. The first-order chi connectivity index (χ1) is 7.38. The number of hydrogen-bond acceptors (Lipinski definition) is 4. The van der Waals surface area contributed by atoms with Gasteiger partial charge in [-0.2, -0.15) is 0 Å². The Bertz CT molecular complexity index is 290. The maximum absolute atomic E-state index is 4.30. The Labute approximate surface area is 103 Å². The largest absolute Gasteiger partial charge is 0.311 e. The molecule has 92 valence electrons. The molecule has 4 heteroatoms. The van der Waals surface area contributed by atoms with Gasteiger partial charge in [-0.1, -0.05) is 0 Å². The van der Waals surface area contributed by atoms with Crippen molar-refractivity contribution in [2.24, 2.45) is 0 Å². The summed E-state index contributed by atoms with van der Waals surface area (Å²) in [6.45, 7) is 10.8. The van der Waals surface area contributed by atoms with Crippen molar-refractivity contribution in [2.45, 2.75) is 45.8 Å². The minimum Gasteiger partial charge on any atom is -0.311 e. The smallest absolute Gasteiger partial charge is 0.0795 e. The molecule has 0 fully saturated rings. The third kappa shape index (κ3) is 5.05. The summed E-state index contributed by atoms with van der Waals surface area (Å²) in [6.07, 6.45) is 0. The van der Waals surface area contributed by atoms with Crippen molar-refractivity contribution in [3.63, 3.8) is 0 Å². The van der Waals surface area contributed by atoms with E-state index in [0.29, 0.717) is 6.04 Å². The first kappa shape index (κ1) is 13.6. The Morgan fingerprint density at radius 3 is 2.69 bits per heavy atom. The van der Waals surface area contributed by atoms with Crippen LogP contribution in [0.3, 0.4) is 0 Å². The Morgan fingerprint density at radius 2 is 2.19 bits per heavy atom. The molecule has 0 radical (unpaired) electrons. The fraction of sp³-hybridized carbons (Fsp3) is 0.750. The molecule has 1 rings (SSSR count). The third-order valence-corrected chi connectivity index (χ3v) is 3.21. The van der Waals surface area contributed by atoms with Crippen molar-refractivity contribution >= 4 is 11.3 Å². The monoisotopic (exact) mass is 241 g/mol. The van der Waals surface area contributed by atoms with Crippen molar-refractivity contribution in [3.05, 3.63) is 16.6 Å². The van der Waals surface area contributed by atoms with Gasteiger partial charge < -0.3 is 5.32 Å². The molecule has 0 bridgehead atoms. The summed E-state index contributed by atoms with van der Waals surface area (Å²) in [7, 11) is 2.15. The Balaban J connectivity index is 2.33. The number of thiazole rings is 1. The lowest BCUT2D eigenvalue weighted by molar-refractivity contribution is 0.226. The minimum absolute atomic E-state index is 0.190. The standard InChI is InChI=1S/C12H23N3S/c1-10(6-14-12(2,3)4)15(5)7-11-8-16-9-13-11/h8-10,14H,6-7H2,1-5H3. The molecule has 16 heavy (non-hydrogen) atoms. The van der Waals surface area contributed by atoms with Gasteiger partial charge in [0.1, 0.15) is 0 Å². The highest BCUT2D eigenvalue weighted by atomic mass is 32.1. The molecule has 1 aromatic heterocycles. The predicted molar refractivity (Wildman–Crippen MR) is 70.8 cm³/mol. The van der Waals surface area contributed by atoms with Crippen LogP contribution in [0.15, 0.2) is 10.9 Å². The lowest BCUT2D eigenvalue weighted by Gasteiger charge is -2.28. The topological polar surface area (TPSA) is 28.2 Å². The quantitative estimate of drug-likeness (QED) is 0.858. The molecule has 0 aromatic carbocycles. The molecule has 1 atom stereocenters. The molecule has 0 aliphatic rings. The van der Waals surface area contributed by atoms with Gasteiger partial charge in [0, 0.05) is 30.1 Å². The van der Waals surface area contributed by atoms with Crippen LogP contribution in [0.25, 0.3) is 0 Å². The van der Waals surface area contributed by atoms with E-state index in [0.717, 1.165) is 18.8 Å². The van der Waals surface area contributed by atoms with E-state index in [1.807, 2.05) is 5.51 Å². The van der Waals surface area contributed by atoms with Gasteiger partial charge >= 0.3 is 0 Å². The van der Waals surface area contributed by atoms with Crippen LogP contribution in [0.4, 0.5) is 0 Å². The highest BCUT2D eigenvalue weighted by Gasteiger charge is 2.14. The van der Waals surface area contributed by atoms with Crippen LogP contribution in [0.2, 0.25) is 0 Å². The fourth-order valence-corrected chi connectivity index (χ4v) is 1.89. The first-order valence-corrected chi connectivity index (χ1v) is 6.65. The molecule has 0 spiro atoms. The van der Waals surface area contributed by atoms with Gasteiger partial charge in [-0.05, 0) is 34.7 Å². The number of likely N-dealkylation sites (N-methyl/N-ethyl adjacent to an activating group) is 1. The molecule has 0 saturated heterocycles. The molecule has 1 heterocycles. The number of nitrogens with zero attached hydrogens (tertiary/aromatic N) is 2. The molecule has 3 nitrogen and oxygen atoms in total. The normalized spacial score (nSPS) is 14.4. The van der Waals surface area contributed by atoms with E-state index in [1.165, 1.54) is 0 Å². The molecule has 0 aliphatic heterocycles. The number of hydrogen-bond donors (Lipinski definition) is 1. The van der Waals surface area contributed by atoms with Gasteiger partial charge in [0.25, 0.3) is 0 Å². The van der Waals surface area contributed by atoms with Gasteiger partial charge in [0.05, 0.1) is 11.2 Å². The molecule has 1 aromatic rings. The van der Waals surface area contributed by atoms with Crippen molar-refractivity contribution in [3.8, 4) is 0 Å². The van der Waals surface area contributed by atoms with Gasteiger partial charge in [-0.3, -0.25) is 4.90 Å². The van der Waals surface area contributed by atoms with E-state index in [9.17, 15) is 0 Å². The van der Waals surface area contributed by atoms with E-state index < -0.39 is 0 Å². The van der Waals surface area contributed by atoms with Crippen LogP contribution in [-0.2, 0) is 6.54 Å².